The van der Waals surface area contributed by atoms with Gasteiger partial charge in [-0.05, 0) is 53.6 Å². The molecule has 0 radical (unpaired) electrons. The van der Waals surface area contributed by atoms with Crippen molar-refractivity contribution in [1.29, 1.82) is 0 Å². The summed E-state index contributed by atoms with van der Waals surface area (Å²) in [5.41, 5.74) is 1.80. The first-order valence-electron chi connectivity index (χ1n) is 6.20. The van der Waals surface area contributed by atoms with Gasteiger partial charge >= 0.3 is 0 Å². The molecule has 1 N–H and O–H groups in total. The number of hydrogen-bond donors (Lipinski definition) is 1. The third-order valence-electron chi connectivity index (χ3n) is 3.24. The predicted molar refractivity (Wildman–Crippen MR) is 85.4 cm³/mol. The fraction of sp³-hybridized carbons (Fsp3) is 0.286. The predicted octanol–water partition coefficient (Wildman–Crippen LogP) is 3.99. The van der Waals surface area contributed by atoms with Crippen LogP contribution in [0, 0.1) is 3.57 Å². The van der Waals surface area contributed by atoms with E-state index in [1.54, 1.807) is 18.2 Å². The number of aromatic hydroxyl groups is 1. The maximum atomic E-state index is 9.64. The summed E-state index contributed by atoms with van der Waals surface area (Å²) in [5.74, 6) is 1.56. The van der Waals surface area contributed by atoms with Gasteiger partial charge in [0.1, 0.15) is 5.15 Å². The topological polar surface area (TPSA) is 55.2 Å². The van der Waals surface area contributed by atoms with E-state index in [0.717, 1.165) is 27.7 Å². The Bertz CT molecular complexity index is 674. The molecular formula is C14H12ClIN2O2. The molecule has 1 aliphatic rings. The first-order chi connectivity index (χ1) is 9.60. The first kappa shape index (κ1) is 13.9. The standard InChI is InChI=1S/C14H12ClIN2O2/c1-20-10-6-8(4-5-9(10)19)14-17-12(7-2-3-7)11(16)13(15)18-14/h4-7,19H,2-3H2,1H3. The Kier molecular flexibility index (Phi) is 3.72. The number of rotatable bonds is 3. The molecule has 0 amide bonds. The van der Waals surface area contributed by atoms with Gasteiger partial charge in [0.2, 0.25) is 0 Å². The molecule has 0 aliphatic heterocycles. The molecule has 0 unspecified atom stereocenters. The highest BCUT2D eigenvalue weighted by Gasteiger charge is 2.29. The molecule has 1 heterocycles. The van der Waals surface area contributed by atoms with E-state index in [1.165, 1.54) is 7.11 Å². The second-order valence-electron chi connectivity index (χ2n) is 4.70. The van der Waals surface area contributed by atoms with Crippen molar-refractivity contribution in [2.45, 2.75) is 18.8 Å². The maximum Gasteiger partial charge on any atom is 0.161 e. The number of halogens is 2. The largest absolute Gasteiger partial charge is 0.504 e. The number of methoxy groups -OCH3 is 1. The van der Waals surface area contributed by atoms with Crippen LogP contribution in [0.15, 0.2) is 18.2 Å². The summed E-state index contributed by atoms with van der Waals surface area (Å²) >= 11 is 8.40. The van der Waals surface area contributed by atoms with Gasteiger partial charge in [-0.15, -0.1) is 0 Å². The molecule has 3 rings (SSSR count). The van der Waals surface area contributed by atoms with E-state index in [1.807, 2.05) is 0 Å². The molecule has 104 valence electrons. The van der Waals surface area contributed by atoms with Crippen LogP contribution in [0.25, 0.3) is 11.4 Å². The number of nitrogens with zero attached hydrogens (tertiary/aromatic N) is 2. The molecule has 1 aliphatic carbocycles. The molecule has 1 aromatic heterocycles. The summed E-state index contributed by atoms with van der Waals surface area (Å²) in [6.45, 7) is 0. The van der Waals surface area contributed by atoms with Gasteiger partial charge in [-0.25, -0.2) is 9.97 Å². The molecule has 0 atom stereocenters. The van der Waals surface area contributed by atoms with Crippen molar-refractivity contribution in [2.75, 3.05) is 7.11 Å². The maximum absolute atomic E-state index is 9.64. The van der Waals surface area contributed by atoms with E-state index in [0.29, 0.717) is 22.6 Å². The van der Waals surface area contributed by atoms with Crippen LogP contribution in [0.2, 0.25) is 5.15 Å². The third kappa shape index (κ3) is 2.56. The number of aromatic nitrogens is 2. The fourth-order valence-corrected chi connectivity index (χ4v) is 2.87. The molecule has 6 heteroatoms. The van der Waals surface area contributed by atoms with Crippen LogP contribution in [0.1, 0.15) is 24.5 Å². The zero-order chi connectivity index (χ0) is 14.3. The van der Waals surface area contributed by atoms with E-state index in [-0.39, 0.29) is 5.75 Å². The lowest BCUT2D eigenvalue weighted by Gasteiger charge is -2.09. The molecule has 4 nitrogen and oxygen atoms in total. The Morgan fingerprint density at radius 3 is 2.75 bits per heavy atom. The minimum atomic E-state index is 0.0928. The summed E-state index contributed by atoms with van der Waals surface area (Å²) in [5, 5.41) is 10.1. The van der Waals surface area contributed by atoms with Crippen LogP contribution < -0.4 is 4.74 Å². The van der Waals surface area contributed by atoms with E-state index in [2.05, 4.69) is 32.6 Å². The summed E-state index contributed by atoms with van der Waals surface area (Å²) < 4.78 is 6.04. The van der Waals surface area contributed by atoms with E-state index < -0.39 is 0 Å². The molecule has 20 heavy (non-hydrogen) atoms. The molecule has 0 bridgehead atoms. The van der Waals surface area contributed by atoms with Gasteiger partial charge in [0.25, 0.3) is 0 Å². The average molecular weight is 403 g/mol. The van der Waals surface area contributed by atoms with Crippen molar-refractivity contribution in [3.63, 3.8) is 0 Å². The Morgan fingerprint density at radius 1 is 1.35 bits per heavy atom. The third-order valence-corrected chi connectivity index (χ3v) is 4.89. The summed E-state index contributed by atoms with van der Waals surface area (Å²) in [7, 11) is 1.51. The van der Waals surface area contributed by atoms with Crippen molar-refractivity contribution in [2.24, 2.45) is 0 Å². The Labute approximate surface area is 135 Å². The van der Waals surface area contributed by atoms with Crippen molar-refractivity contribution < 1.29 is 9.84 Å². The molecule has 0 saturated heterocycles. The molecule has 0 spiro atoms. The smallest absolute Gasteiger partial charge is 0.161 e. The van der Waals surface area contributed by atoms with Crippen molar-refractivity contribution in [3.8, 4) is 22.9 Å². The van der Waals surface area contributed by atoms with Crippen LogP contribution in [-0.4, -0.2) is 22.2 Å². The van der Waals surface area contributed by atoms with Crippen LogP contribution in [0.5, 0.6) is 11.5 Å². The Hall–Kier alpha value is -1.08. The molecule has 2 aromatic rings. The average Bonchev–Trinajstić information content (AvgIpc) is 3.27. The van der Waals surface area contributed by atoms with Crippen LogP contribution in [0.4, 0.5) is 0 Å². The first-order valence-corrected chi connectivity index (χ1v) is 7.66. The lowest BCUT2D eigenvalue weighted by Crippen LogP contribution is -1.99. The van der Waals surface area contributed by atoms with Crippen molar-refractivity contribution in [3.05, 3.63) is 32.6 Å². The number of hydrogen-bond acceptors (Lipinski definition) is 4. The summed E-state index contributed by atoms with van der Waals surface area (Å²) in [6, 6.07) is 5.04. The highest BCUT2D eigenvalue weighted by atomic mass is 127. The number of benzene rings is 1. The van der Waals surface area contributed by atoms with Gasteiger partial charge in [-0.1, -0.05) is 11.6 Å². The van der Waals surface area contributed by atoms with Crippen molar-refractivity contribution >= 4 is 34.2 Å². The highest BCUT2D eigenvalue weighted by Crippen LogP contribution is 2.43. The van der Waals surface area contributed by atoms with Crippen LogP contribution in [0.3, 0.4) is 0 Å². The van der Waals surface area contributed by atoms with E-state index in [9.17, 15) is 5.11 Å². The summed E-state index contributed by atoms with van der Waals surface area (Å²) in [4.78, 5) is 8.96. The lowest BCUT2D eigenvalue weighted by atomic mass is 10.1. The normalized spacial score (nSPS) is 14.3. The molecular weight excluding hydrogens is 391 g/mol. The second kappa shape index (κ2) is 5.37. The van der Waals surface area contributed by atoms with Crippen molar-refractivity contribution in [1.82, 2.24) is 9.97 Å². The van der Waals surface area contributed by atoms with Gasteiger partial charge in [0.15, 0.2) is 17.3 Å². The zero-order valence-electron chi connectivity index (χ0n) is 10.7. The fourth-order valence-electron chi connectivity index (χ4n) is 2.01. The van der Waals surface area contributed by atoms with Gasteiger partial charge in [0.05, 0.1) is 16.4 Å². The number of phenols is 1. The minimum Gasteiger partial charge on any atom is -0.504 e. The van der Waals surface area contributed by atoms with Gasteiger partial charge in [0, 0.05) is 11.5 Å². The van der Waals surface area contributed by atoms with Crippen LogP contribution in [-0.2, 0) is 0 Å². The monoisotopic (exact) mass is 402 g/mol. The zero-order valence-corrected chi connectivity index (χ0v) is 13.6. The number of phenolic OH excluding ortho intramolecular Hbond substituents is 1. The van der Waals surface area contributed by atoms with E-state index >= 15 is 0 Å². The van der Waals surface area contributed by atoms with E-state index in [4.69, 9.17) is 16.3 Å². The van der Waals surface area contributed by atoms with Crippen LogP contribution >= 0.6 is 34.2 Å². The Balaban J connectivity index is 2.10. The number of ether oxygens (including phenoxy) is 1. The quantitative estimate of drug-likeness (QED) is 0.623. The molecule has 1 aromatic carbocycles. The SMILES string of the molecule is COc1cc(-c2nc(Cl)c(I)c(C3CC3)n2)ccc1O. The summed E-state index contributed by atoms with van der Waals surface area (Å²) in [6.07, 6.45) is 2.31. The molecule has 1 fully saturated rings. The lowest BCUT2D eigenvalue weighted by molar-refractivity contribution is 0.373. The second-order valence-corrected chi connectivity index (χ2v) is 6.13. The Morgan fingerprint density at radius 2 is 2.10 bits per heavy atom. The van der Waals surface area contributed by atoms with Gasteiger partial charge in [-0.2, -0.15) is 0 Å². The van der Waals surface area contributed by atoms with Gasteiger partial charge in [-0.3, -0.25) is 0 Å². The van der Waals surface area contributed by atoms with Gasteiger partial charge < -0.3 is 9.84 Å². The molecule has 1 saturated carbocycles. The minimum absolute atomic E-state index is 0.0928. The highest BCUT2D eigenvalue weighted by molar-refractivity contribution is 14.1.